The van der Waals surface area contributed by atoms with E-state index >= 15 is 0 Å². The highest BCUT2D eigenvalue weighted by Crippen LogP contribution is 2.14. The molecular formula is C18H21FN2. The molecule has 0 amide bonds. The number of aromatic nitrogens is 2. The third-order valence-corrected chi connectivity index (χ3v) is 3.27. The highest BCUT2D eigenvalue weighted by Gasteiger charge is 2.00. The van der Waals surface area contributed by atoms with Crippen LogP contribution in [-0.2, 0) is 6.42 Å². The van der Waals surface area contributed by atoms with Crippen LogP contribution in [0.25, 0.3) is 17.1 Å². The Kier molecular flexibility index (Phi) is 5.61. The number of hydrogen-bond donors (Lipinski definition) is 0. The maximum absolute atomic E-state index is 12.7. The summed E-state index contributed by atoms with van der Waals surface area (Å²) < 4.78 is 12.7. The van der Waals surface area contributed by atoms with Crippen molar-refractivity contribution >= 4 is 17.1 Å². The maximum Gasteiger partial charge on any atom is 0.0973 e. The predicted molar refractivity (Wildman–Crippen MR) is 86.9 cm³/mol. The Labute approximate surface area is 125 Å². The SMILES string of the molecule is C=CCc1ccc2nc(C=CCCCC(C)F)cnc2c1. The Morgan fingerprint density at radius 2 is 2.19 bits per heavy atom. The molecule has 2 rings (SSSR count). The molecule has 2 aromatic rings. The summed E-state index contributed by atoms with van der Waals surface area (Å²) >= 11 is 0. The molecule has 2 nitrogen and oxygen atoms in total. The van der Waals surface area contributed by atoms with Crippen molar-refractivity contribution < 1.29 is 4.39 Å². The van der Waals surface area contributed by atoms with Crippen LogP contribution in [0.5, 0.6) is 0 Å². The Bertz CT molecular complexity index is 632. The lowest BCUT2D eigenvalue weighted by Crippen LogP contribution is -1.91. The van der Waals surface area contributed by atoms with Crippen molar-refractivity contribution in [2.75, 3.05) is 0 Å². The Morgan fingerprint density at radius 3 is 2.95 bits per heavy atom. The topological polar surface area (TPSA) is 25.8 Å². The molecule has 1 unspecified atom stereocenters. The highest BCUT2D eigenvalue weighted by atomic mass is 19.1. The molecule has 1 aromatic carbocycles. The van der Waals surface area contributed by atoms with Gasteiger partial charge in [0.15, 0.2) is 0 Å². The zero-order chi connectivity index (χ0) is 15.1. The van der Waals surface area contributed by atoms with Crippen LogP contribution in [0.15, 0.2) is 43.1 Å². The van der Waals surface area contributed by atoms with Gasteiger partial charge in [-0.2, -0.15) is 0 Å². The van der Waals surface area contributed by atoms with Gasteiger partial charge in [0.05, 0.1) is 29.1 Å². The molecule has 21 heavy (non-hydrogen) atoms. The highest BCUT2D eigenvalue weighted by molar-refractivity contribution is 5.75. The molecule has 0 radical (unpaired) electrons. The lowest BCUT2D eigenvalue weighted by atomic mass is 10.1. The number of benzene rings is 1. The molecule has 0 saturated carbocycles. The van der Waals surface area contributed by atoms with Gasteiger partial charge >= 0.3 is 0 Å². The van der Waals surface area contributed by atoms with Crippen LogP contribution in [0.1, 0.15) is 37.4 Å². The van der Waals surface area contributed by atoms with Crippen molar-refractivity contribution in [2.45, 2.75) is 38.8 Å². The van der Waals surface area contributed by atoms with Crippen molar-refractivity contribution in [1.29, 1.82) is 0 Å². The van der Waals surface area contributed by atoms with Crippen LogP contribution in [0.4, 0.5) is 4.39 Å². The Morgan fingerprint density at radius 1 is 1.33 bits per heavy atom. The number of unbranched alkanes of at least 4 members (excludes halogenated alkanes) is 1. The fraction of sp³-hybridized carbons (Fsp3) is 0.333. The average molecular weight is 284 g/mol. The number of hydrogen-bond acceptors (Lipinski definition) is 2. The van der Waals surface area contributed by atoms with E-state index in [1.54, 1.807) is 13.1 Å². The first kappa shape index (κ1) is 15.4. The smallest absolute Gasteiger partial charge is 0.0973 e. The van der Waals surface area contributed by atoms with Gasteiger partial charge in [0.25, 0.3) is 0 Å². The van der Waals surface area contributed by atoms with Crippen molar-refractivity contribution in [2.24, 2.45) is 0 Å². The molecule has 0 saturated heterocycles. The molecular weight excluding hydrogens is 263 g/mol. The van der Waals surface area contributed by atoms with Gasteiger partial charge in [0.2, 0.25) is 0 Å². The summed E-state index contributed by atoms with van der Waals surface area (Å²) in [5.41, 5.74) is 3.82. The van der Waals surface area contributed by atoms with E-state index in [0.717, 1.165) is 36.0 Å². The van der Waals surface area contributed by atoms with Crippen LogP contribution in [0.2, 0.25) is 0 Å². The summed E-state index contributed by atoms with van der Waals surface area (Å²) in [6.45, 7) is 5.34. The number of halogens is 1. The molecule has 0 fully saturated rings. The third-order valence-electron chi connectivity index (χ3n) is 3.27. The molecule has 110 valence electrons. The van der Waals surface area contributed by atoms with Crippen LogP contribution in [0, 0.1) is 0 Å². The molecule has 0 aliphatic heterocycles. The van der Waals surface area contributed by atoms with E-state index in [2.05, 4.69) is 22.6 Å². The van der Waals surface area contributed by atoms with Crippen LogP contribution < -0.4 is 0 Å². The zero-order valence-electron chi connectivity index (χ0n) is 12.4. The van der Waals surface area contributed by atoms with Crippen LogP contribution in [-0.4, -0.2) is 16.1 Å². The fourth-order valence-corrected chi connectivity index (χ4v) is 2.17. The van der Waals surface area contributed by atoms with Gasteiger partial charge in [-0.1, -0.05) is 18.2 Å². The monoisotopic (exact) mass is 284 g/mol. The predicted octanol–water partition coefficient (Wildman–Crippen LogP) is 4.90. The molecule has 0 aliphatic rings. The van der Waals surface area contributed by atoms with Crippen molar-refractivity contribution in [1.82, 2.24) is 9.97 Å². The second-order valence-corrected chi connectivity index (χ2v) is 5.22. The summed E-state index contributed by atoms with van der Waals surface area (Å²) in [4.78, 5) is 9.00. The van der Waals surface area contributed by atoms with E-state index in [1.807, 2.05) is 30.4 Å². The summed E-state index contributed by atoms with van der Waals surface area (Å²) in [6, 6.07) is 6.08. The van der Waals surface area contributed by atoms with Gasteiger partial charge in [-0.3, -0.25) is 4.98 Å². The van der Waals surface area contributed by atoms with E-state index in [4.69, 9.17) is 0 Å². The molecule has 0 aliphatic carbocycles. The van der Waals surface area contributed by atoms with Crippen molar-refractivity contribution in [3.63, 3.8) is 0 Å². The van der Waals surface area contributed by atoms with Gasteiger partial charge < -0.3 is 0 Å². The summed E-state index contributed by atoms with van der Waals surface area (Å²) in [5.74, 6) is 0. The molecule has 1 atom stereocenters. The molecule has 1 aromatic heterocycles. The first-order valence-corrected chi connectivity index (χ1v) is 7.36. The zero-order valence-corrected chi connectivity index (χ0v) is 12.4. The van der Waals surface area contributed by atoms with Gasteiger partial charge in [-0.15, -0.1) is 6.58 Å². The quantitative estimate of drug-likeness (QED) is 0.534. The van der Waals surface area contributed by atoms with E-state index in [-0.39, 0.29) is 0 Å². The van der Waals surface area contributed by atoms with E-state index in [9.17, 15) is 4.39 Å². The second kappa shape index (κ2) is 7.67. The molecule has 0 bridgehead atoms. The lowest BCUT2D eigenvalue weighted by Gasteiger charge is -2.01. The second-order valence-electron chi connectivity index (χ2n) is 5.22. The fourth-order valence-electron chi connectivity index (χ4n) is 2.17. The standard InChI is InChI=1S/C18H21FN2/c1-3-7-15-10-11-17-18(12-15)20-13-16(21-17)9-6-4-5-8-14(2)19/h3,6,9-14H,1,4-5,7-8H2,2H3. The van der Waals surface area contributed by atoms with E-state index in [1.165, 1.54) is 5.56 Å². The number of rotatable bonds is 7. The van der Waals surface area contributed by atoms with Crippen LogP contribution in [0.3, 0.4) is 0 Å². The number of nitrogens with zero attached hydrogens (tertiary/aromatic N) is 2. The normalized spacial score (nSPS) is 12.9. The Balaban J connectivity index is 2.03. The first-order valence-electron chi connectivity index (χ1n) is 7.36. The van der Waals surface area contributed by atoms with Gasteiger partial charge in [-0.25, -0.2) is 9.37 Å². The van der Waals surface area contributed by atoms with Crippen molar-refractivity contribution in [3.05, 3.63) is 54.4 Å². The minimum absolute atomic E-state index is 0.611. The summed E-state index contributed by atoms with van der Waals surface area (Å²) in [6.07, 6.45) is 10.1. The average Bonchev–Trinajstić information content (AvgIpc) is 2.47. The molecule has 0 spiro atoms. The van der Waals surface area contributed by atoms with Gasteiger partial charge in [0, 0.05) is 0 Å². The molecule has 3 heteroatoms. The van der Waals surface area contributed by atoms with Crippen molar-refractivity contribution in [3.8, 4) is 0 Å². The van der Waals surface area contributed by atoms with Crippen LogP contribution >= 0.6 is 0 Å². The largest absolute Gasteiger partial charge is 0.252 e. The summed E-state index contributed by atoms with van der Waals surface area (Å²) in [7, 11) is 0. The summed E-state index contributed by atoms with van der Waals surface area (Å²) in [5, 5.41) is 0. The number of fused-ring (bicyclic) bond motifs is 1. The minimum atomic E-state index is -0.719. The molecule has 0 N–H and O–H groups in total. The molecule has 1 heterocycles. The first-order chi connectivity index (χ1) is 10.2. The third kappa shape index (κ3) is 4.78. The number of alkyl halides is 1. The van der Waals surface area contributed by atoms with E-state index < -0.39 is 6.17 Å². The van der Waals surface area contributed by atoms with Gasteiger partial charge in [0.1, 0.15) is 0 Å². The van der Waals surface area contributed by atoms with E-state index in [0.29, 0.717) is 6.42 Å². The minimum Gasteiger partial charge on any atom is -0.252 e. The van der Waals surface area contributed by atoms with Gasteiger partial charge in [-0.05, 0) is 56.4 Å². The lowest BCUT2D eigenvalue weighted by molar-refractivity contribution is 0.335. The maximum atomic E-state index is 12.7. The number of allylic oxidation sites excluding steroid dienone is 2. The Hall–Kier alpha value is -2.03.